The van der Waals surface area contributed by atoms with Gasteiger partial charge in [-0.1, -0.05) is 51.0 Å². The van der Waals surface area contributed by atoms with Crippen LogP contribution >= 0.6 is 38.9 Å². The molecule has 1 atom stereocenters. The molecule has 106 valence electrons. The van der Waals surface area contributed by atoms with Crippen LogP contribution in [0.5, 0.6) is 0 Å². The van der Waals surface area contributed by atoms with E-state index in [9.17, 15) is 4.79 Å². The maximum atomic E-state index is 11.5. The number of thiazole rings is 1. The van der Waals surface area contributed by atoms with Crippen molar-refractivity contribution in [3.8, 4) is 0 Å². The van der Waals surface area contributed by atoms with Crippen LogP contribution in [0.2, 0.25) is 5.15 Å². The number of aromatic nitrogens is 1. The van der Waals surface area contributed by atoms with Crippen molar-refractivity contribution in [2.24, 2.45) is 0 Å². The highest BCUT2D eigenvalue weighted by atomic mass is 79.9. The Labute approximate surface area is 134 Å². The summed E-state index contributed by atoms with van der Waals surface area (Å²) >= 11 is 10.5. The van der Waals surface area contributed by atoms with Crippen molar-refractivity contribution >= 4 is 50.0 Å². The van der Waals surface area contributed by atoms with Gasteiger partial charge in [0, 0.05) is 4.47 Å². The van der Waals surface area contributed by atoms with Crippen molar-refractivity contribution in [2.45, 2.75) is 13.0 Å². The zero-order chi connectivity index (χ0) is 14.7. The summed E-state index contributed by atoms with van der Waals surface area (Å²) < 4.78 is 5.67. The van der Waals surface area contributed by atoms with E-state index in [4.69, 9.17) is 11.6 Å². The summed E-state index contributed by atoms with van der Waals surface area (Å²) in [5.74, 6) is -0.475. The van der Waals surface area contributed by atoms with Gasteiger partial charge in [-0.25, -0.2) is 9.78 Å². The quantitative estimate of drug-likeness (QED) is 0.798. The van der Waals surface area contributed by atoms with Gasteiger partial charge in [0.2, 0.25) is 0 Å². The summed E-state index contributed by atoms with van der Waals surface area (Å²) in [4.78, 5) is 15.9. The standard InChI is InChI=1S/C13H12BrClN2O2S/c1-7(8-3-5-9(14)6-4-8)16-13-17-11(15)10(20-13)12(18)19-2/h3-7H,1-2H3,(H,16,17). The van der Waals surface area contributed by atoms with Crippen LogP contribution in [0.3, 0.4) is 0 Å². The molecule has 0 aliphatic heterocycles. The molecule has 4 nitrogen and oxygen atoms in total. The van der Waals surface area contributed by atoms with Gasteiger partial charge in [0.15, 0.2) is 15.2 Å². The number of nitrogens with one attached hydrogen (secondary N) is 1. The number of hydrogen-bond donors (Lipinski definition) is 1. The summed E-state index contributed by atoms with van der Waals surface area (Å²) in [6.45, 7) is 2.01. The molecule has 2 aromatic rings. The second kappa shape index (κ2) is 6.56. The van der Waals surface area contributed by atoms with Gasteiger partial charge in [0.1, 0.15) is 0 Å². The van der Waals surface area contributed by atoms with E-state index in [1.54, 1.807) is 0 Å². The van der Waals surface area contributed by atoms with Crippen molar-refractivity contribution in [1.29, 1.82) is 0 Å². The monoisotopic (exact) mass is 374 g/mol. The maximum Gasteiger partial charge on any atom is 0.351 e. The first-order valence-corrected chi connectivity index (χ1v) is 7.76. The summed E-state index contributed by atoms with van der Waals surface area (Å²) in [5, 5.41) is 3.97. The highest BCUT2D eigenvalue weighted by molar-refractivity contribution is 9.10. The molecule has 0 saturated carbocycles. The molecule has 0 aliphatic rings. The Hall–Kier alpha value is -1.11. The van der Waals surface area contributed by atoms with Gasteiger partial charge in [-0.2, -0.15) is 0 Å². The molecule has 20 heavy (non-hydrogen) atoms. The van der Waals surface area contributed by atoms with Crippen LogP contribution < -0.4 is 5.32 Å². The van der Waals surface area contributed by atoms with Crippen LogP contribution in [-0.4, -0.2) is 18.1 Å². The third-order valence-electron chi connectivity index (χ3n) is 2.67. The number of hydrogen-bond acceptors (Lipinski definition) is 5. The molecule has 0 saturated heterocycles. The second-order valence-corrected chi connectivity index (χ2v) is 6.32. The zero-order valence-electron chi connectivity index (χ0n) is 10.8. The molecule has 1 aromatic heterocycles. The van der Waals surface area contributed by atoms with Crippen molar-refractivity contribution in [1.82, 2.24) is 4.98 Å². The number of anilines is 1. The number of halogens is 2. The lowest BCUT2D eigenvalue weighted by Gasteiger charge is -2.13. The van der Waals surface area contributed by atoms with Gasteiger partial charge in [-0.3, -0.25) is 0 Å². The van der Waals surface area contributed by atoms with E-state index in [0.29, 0.717) is 10.0 Å². The fraction of sp³-hybridized carbons (Fsp3) is 0.231. The minimum Gasteiger partial charge on any atom is -0.465 e. The summed E-state index contributed by atoms with van der Waals surface area (Å²) in [6, 6.07) is 8.02. The number of nitrogens with zero attached hydrogens (tertiary/aromatic N) is 1. The Bertz CT molecular complexity index is 615. The molecule has 1 N–H and O–H groups in total. The Morgan fingerprint density at radius 3 is 2.70 bits per heavy atom. The predicted molar refractivity (Wildman–Crippen MR) is 84.6 cm³/mol. The molecule has 0 bridgehead atoms. The van der Waals surface area contributed by atoms with Gasteiger partial charge in [-0.15, -0.1) is 0 Å². The molecule has 0 spiro atoms. The Kier molecular flexibility index (Phi) is 5.01. The van der Waals surface area contributed by atoms with E-state index in [1.165, 1.54) is 18.4 Å². The molecule has 1 aromatic carbocycles. The van der Waals surface area contributed by atoms with Crippen LogP contribution in [0.1, 0.15) is 28.2 Å². The fourth-order valence-electron chi connectivity index (χ4n) is 1.60. The lowest BCUT2D eigenvalue weighted by Crippen LogP contribution is -2.05. The molecule has 0 aliphatic carbocycles. The molecular formula is C13H12BrClN2O2S. The van der Waals surface area contributed by atoms with Crippen LogP contribution in [0.4, 0.5) is 5.13 Å². The van der Waals surface area contributed by atoms with E-state index in [1.807, 2.05) is 31.2 Å². The van der Waals surface area contributed by atoms with E-state index in [2.05, 4.69) is 31.0 Å². The van der Waals surface area contributed by atoms with Crippen LogP contribution in [0, 0.1) is 0 Å². The number of esters is 1. The molecule has 7 heteroatoms. The number of ether oxygens (including phenoxy) is 1. The van der Waals surface area contributed by atoms with Gasteiger partial charge >= 0.3 is 5.97 Å². The largest absolute Gasteiger partial charge is 0.465 e. The van der Waals surface area contributed by atoms with Gasteiger partial charge in [-0.05, 0) is 24.6 Å². The van der Waals surface area contributed by atoms with Crippen LogP contribution in [0.15, 0.2) is 28.7 Å². The third-order valence-corrected chi connectivity index (χ3v) is 4.55. The predicted octanol–water partition coefficient (Wildman–Crippen LogP) is 4.52. The lowest BCUT2D eigenvalue weighted by atomic mass is 10.1. The first-order chi connectivity index (χ1) is 9.51. The minimum atomic E-state index is -0.475. The van der Waals surface area contributed by atoms with Gasteiger partial charge in [0.05, 0.1) is 13.2 Å². The third kappa shape index (κ3) is 3.50. The maximum absolute atomic E-state index is 11.5. The number of benzene rings is 1. The number of rotatable bonds is 4. The Balaban J connectivity index is 2.13. The Morgan fingerprint density at radius 2 is 2.10 bits per heavy atom. The lowest BCUT2D eigenvalue weighted by molar-refractivity contribution is 0.0606. The summed E-state index contributed by atoms with van der Waals surface area (Å²) in [7, 11) is 1.32. The molecule has 0 amide bonds. The normalized spacial score (nSPS) is 12.0. The van der Waals surface area contributed by atoms with Crippen molar-refractivity contribution in [3.05, 3.63) is 44.3 Å². The minimum absolute atomic E-state index is 0.0517. The average Bonchev–Trinajstić information content (AvgIpc) is 2.79. The SMILES string of the molecule is COC(=O)c1sc(NC(C)c2ccc(Br)cc2)nc1Cl. The highest BCUT2D eigenvalue weighted by Crippen LogP contribution is 2.30. The van der Waals surface area contributed by atoms with Crippen molar-refractivity contribution in [3.63, 3.8) is 0 Å². The van der Waals surface area contributed by atoms with Crippen LogP contribution in [-0.2, 0) is 4.74 Å². The smallest absolute Gasteiger partial charge is 0.351 e. The van der Waals surface area contributed by atoms with Gasteiger partial charge < -0.3 is 10.1 Å². The summed E-state index contributed by atoms with van der Waals surface area (Å²) in [5.41, 5.74) is 1.11. The second-order valence-electron chi connectivity index (χ2n) is 4.05. The van der Waals surface area contributed by atoms with Gasteiger partial charge in [0.25, 0.3) is 0 Å². The number of carbonyl (C=O) groups is 1. The molecule has 2 rings (SSSR count). The number of methoxy groups -OCH3 is 1. The van der Waals surface area contributed by atoms with E-state index < -0.39 is 5.97 Å². The summed E-state index contributed by atoms with van der Waals surface area (Å²) in [6.07, 6.45) is 0. The topological polar surface area (TPSA) is 51.2 Å². The van der Waals surface area contributed by atoms with Crippen LogP contribution in [0.25, 0.3) is 0 Å². The number of carbonyl (C=O) groups excluding carboxylic acids is 1. The van der Waals surface area contributed by atoms with Crippen molar-refractivity contribution in [2.75, 3.05) is 12.4 Å². The first kappa shape index (κ1) is 15.3. The highest BCUT2D eigenvalue weighted by Gasteiger charge is 2.18. The Morgan fingerprint density at radius 1 is 1.45 bits per heavy atom. The molecule has 0 radical (unpaired) electrons. The average molecular weight is 376 g/mol. The molecule has 0 fully saturated rings. The molecule has 1 unspecified atom stereocenters. The fourth-order valence-corrected chi connectivity index (χ4v) is 3.06. The van der Waals surface area contributed by atoms with Crippen molar-refractivity contribution < 1.29 is 9.53 Å². The first-order valence-electron chi connectivity index (χ1n) is 5.78. The van der Waals surface area contributed by atoms with E-state index >= 15 is 0 Å². The molecular weight excluding hydrogens is 364 g/mol. The molecule has 1 heterocycles. The van der Waals surface area contributed by atoms with E-state index in [-0.39, 0.29) is 11.2 Å². The van der Waals surface area contributed by atoms with E-state index in [0.717, 1.165) is 10.0 Å². The zero-order valence-corrected chi connectivity index (χ0v) is 14.0.